The Morgan fingerprint density at radius 3 is 2.20 bits per heavy atom. The average molecular weight is 429 g/mol. The van der Waals surface area contributed by atoms with E-state index >= 15 is 0 Å². The van der Waals surface area contributed by atoms with Gasteiger partial charge in [0.2, 0.25) is 0 Å². The fourth-order valence-corrected chi connectivity index (χ4v) is 4.20. The van der Waals surface area contributed by atoms with E-state index in [0.717, 1.165) is 18.4 Å². The molecular formula is C26H36O3S. The molecule has 164 valence electrons. The minimum Gasteiger partial charge on any atom is -0.395 e. The van der Waals surface area contributed by atoms with Gasteiger partial charge in [0.05, 0.1) is 25.1 Å². The van der Waals surface area contributed by atoms with Crippen LogP contribution < -0.4 is 0 Å². The highest BCUT2D eigenvalue weighted by Crippen LogP contribution is 2.21. The maximum absolute atomic E-state index is 12.1. The van der Waals surface area contributed by atoms with Gasteiger partial charge in [0.1, 0.15) is 0 Å². The van der Waals surface area contributed by atoms with Crippen LogP contribution in [0.2, 0.25) is 0 Å². The van der Waals surface area contributed by atoms with E-state index in [1.165, 1.54) is 55.0 Å². The Morgan fingerprint density at radius 1 is 0.900 bits per heavy atom. The molecule has 0 aliphatic carbocycles. The van der Waals surface area contributed by atoms with Crippen molar-refractivity contribution < 1.29 is 14.6 Å². The predicted molar refractivity (Wildman–Crippen MR) is 128 cm³/mol. The molecule has 0 saturated heterocycles. The number of benzene rings is 2. The van der Waals surface area contributed by atoms with Crippen molar-refractivity contribution in [2.24, 2.45) is 0 Å². The molecule has 1 N–H and O–H groups in total. The zero-order chi connectivity index (χ0) is 21.4. The minimum atomic E-state index is -0.189. The first-order valence-electron chi connectivity index (χ1n) is 11.3. The number of aliphatic hydroxyl groups excluding tert-OH is 1. The van der Waals surface area contributed by atoms with Gasteiger partial charge in [-0.3, -0.25) is 4.79 Å². The third-order valence-corrected chi connectivity index (χ3v) is 6.21. The van der Waals surface area contributed by atoms with Gasteiger partial charge in [-0.1, -0.05) is 112 Å². The summed E-state index contributed by atoms with van der Waals surface area (Å²) in [4.78, 5) is 12.1. The molecule has 30 heavy (non-hydrogen) atoms. The quantitative estimate of drug-likeness (QED) is 0.323. The van der Waals surface area contributed by atoms with Gasteiger partial charge in [-0.25, -0.2) is 0 Å². The molecule has 0 saturated carbocycles. The van der Waals surface area contributed by atoms with Gasteiger partial charge in [-0.05, 0) is 23.1 Å². The number of aliphatic hydroxyl groups is 1. The van der Waals surface area contributed by atoms with Crippen molar-refractivity contribution in [2.75, 3.05) is 13.2 Å². The smallest absolute Gasteiger partial charge is 0.189 e. The van der Waals surface area contributed by atoms with E-state index in [-0.39, 0.29) is 17.0 Å². The summed E-state index contributed by atoms with van der Waals surface area (Å²) in [6.45, 7) is 3.04. The second-order valence-corrected chi connectivity index (χ2v) is 9.10. The molecule has 0 heterocycles. The lowest BCUT2D eigenvalue weighted by atomic mass is 10.0. The molecule has 0 fully saturated rings. The first kappa shape index (κ1) is 24.6. The Balaban J connectivity index is 1.62. The summed E-state index contributed by atoms with van der Waals surface area (Å²) in [5.41, 5.74) is 3.46. The van der Waals surface area contributed by atoms with Crippen molar-refractivity contribution >= 4 is 16.9 Å². The van der Waals surface area contributed by atoms with E-state index < -0.39 is 0 Å². The van der Waals surface area contributed by atoms with Crippen LogP contribution in [0.3, 0.4) is 0 Å². The van der Waals surface area contributed by atoms with E-state index in [0.29, 0.717) is 19.6 Å². The summed E-state index contributed by atoms with van der Waals surface area (Å²) in [7, 11) is 0. The zero-order valence-electron chi connectivity index (χ0n) is 18.2. The molecule has 2 rings (SSSR count). The van der Waals surface area contributed by atoms with Gasteiger partial charge in [0.15, 0.2) is 5.12 Å². The van der Waals surface area contributed by atoms with Crippen LogP contribution >= 0.6 is 11.8 Å². The molecule has 0 radical (unpaired) electrons. The molecule has 0 aliphatic heterocycles. The normalized spacial score (nSPS) is 12.1. The van der Waals surface area contributed by atoms with E-state index in [9.17, 15) is 9.90 Å². The van der Waals surface area contributed by atoms with Crippen LogP contribution in [0.25, 0.3) is 11.1 Å². The lowest BCUT2D eigenvalue weighted by Gasteiger charge is -2.13. The molecule has 0 aromatic heterocycles. The van der Waals surface area contributed by atoms with Crippen LogP contribution in [-0.2, 0) is 16.1 Å². The van der Waals surface area contributed by atoms with Gasteiger partial charge in [-0.15, -0.1) is 0 Å². The van der Waals surface area contributed by atoms with E-state index in [1.54, 1.807) is 0 Å². The maximum Gasteiger partial charge on any atom is 0.189 e. The molecule has 0 amide bonds. The van der Waals surface area contributed by atoms with Crippen LogP contribution in [0.4, 0.5) is 0 Å². The number of hydrogen-bond donors (Lipinski definition) is 1. The summed E-state index contributed by atoms with van der Waals surface area (Å²) in [6, 6.07) is 18.6. The fourth-order valence-electron chi connectivity index (χ4n) is 3.33. The minimum absolute atomic E-state index is 0.0413. The lowest BCUT2D eigenvalue weighted by Crippen LogP contribution is -2.18. The van der Waals surface area contributed by atoms with Gasteiger partial charge in [0, 0.05) is 6.42 Å². The second-order valence-electron chi connectivity index (χ2n) is 7.74. The molecule has 0 aliphatic rings. The molecule has 1 atom stereocenters. The Kier molecular flexibility index (Phi) is 12.5. The number of hydrogen-bond acceptors (Lipinski definition) is 4. The van der Waals surface area contributed by atoms with Gasteiger partial charge in [0.25, 0.3) is 0 Å². The Hall–Kier alpha value is -1.62. The van der Waals surface area contributed by atoms with E-state index in [1.807, 2.05) is 18.2 Å². The van der Waals surface area contributed by atoms with Crippen molar-refractivity contribution in [2.45, 2.75) is 70.1 Å². The second kappa shape index (κ2) is 15.2. The predicted octanol–water partition coefficient (Wildman–Crippen LogP) is 6.63. The van der Waals surface area contributed by atoms with Crippen molar-refractivity contribution in [3.05, 3.63) is 60.2 Å². The van der Waals surface area contributed by atoms with Crippen LogP contribution in [0.1, 0.15) is 63.9 Å². The summed E-state index contributed by atoms with van der Waals surface area (Å²) < 4.78 is 5.77. The molecule has 2 aromatic rings. The highest BCUT2D eigenvalue weighted by atomic mass is 32.2. The van der Waals surface area contributed by atoms with Crippen molar-refractivity contribution in [3.63, 3.8) is 0 Å². The molecule has 4 heteroatoms. The van der Waals surface area contributed by atoms with Crippen LogP contribution in [0, 0.1) is 0 Å². The number of rotatable bonds is 15. The average Bonchev–Trinajstić information content (AvgIpc) is 2.79. The van der Waals surface area contributed by atoms with Crippen molar-refractivity contribution in [1.82, 2.24) is 0 Å². The number of carbonyl (C=O) groups excluding carboxylic acids is 1. The first-order chi connectivity index (χ1) is 14.7. The molecular weight excluding hydrogens is 392 g/mol. The molecule has 2 aromatic carbocycles. The maximum atomic E-state index is 12.1. The monoisotopic (exact) mass is 428 g/mol. The molecule has 0 bridgehead atoms. The summed E-state index contributed by atoms with van der Waals surface area (Å²) >= 11 is 1.24. The lowest BCUT2D eigenvalue weighted by molar-refractivity contribution is -0.111. The molecule has 0 spiro atoms. The van der Waals surface area contributed by atoms with Crippen molar-refractivity contribution in [3.8, 4) is 11.1 Å². The van der Waals surface area contributed by atoms with Crippen LogP contribution in [-0.4, -0.2) is 28.7 Å². The highest BCUT2D eigenvalue weighted by Gasteiger charge is 2.14. The summed E-state index contributed by atoms with van der Waals surface area (Å²) in [6.07, 6.45) is 9.03. The largest absolute Gasteiger partial charge is 0.395 e. The Bertz CT molecular complexity index is 700. The highest BCUT2D eigenvalue weighted by molar-refractivity contribution is 8.14. The third-order valence-electron chi connectivity index (χ3n) is 5.12. The SMILES string of the molecule is CCCCCCCCCC(=O)S[C@@H](CO)COCc1ccc(-c2ccccc2)cc1. The third kappa shape index (κ3) is 9.92. The number of thioether (sulfide) groups is 1. The van der Waals surface area contributed by atoms with E-state index in [4.69, 9.17) is 4.74 Å². The summed E-state index contributed by atoms with van der Waals surface area (Å²) in [5, 5.41) is 9.55. The van der Waals surface area contributed by atoms with Crippen LogP contribution in [0.15, 0.2) is 54.6 Å². The van der Waals surface area contributed by atoms with Crippen LogP contribution in [0.5, 0.6) is 0 Å². The Labute approximate surface area is 186 Å². The standard InChI is InChI=1S/C26H36O3S/c1-2-3-4-5-6-7-11-14-26(28)30-25(19-27)21-29-20-22-15-17-24(18-16-22)23-12-9-8-10-13-23/h8-10,12-13,15-18,25,27H,2-7,11,14,19-21H2,1H3/t25-/m0/s1. The van der Waals surface area contributed by atoms with E-state index in [2.05, 4.69) is 43.3 Å². The van der Waals surface area contributed by atoms with Gasteiger partial charge < -0.3 is 9.84 Å². The van der Waals surface area contributed by atoms with Crippen molar-refractivity contribution in [1.29, 1.82) is 0 Å². The number of ether oxygens (including phenoxy) is 1. The number of unbranched alkanes of at least 4 members (excludes halogenated alkanes) is 6. The zero-order valence-corrected chi connectivity index (χ0v) is 19.0. The van der Waals surface area contributed by atoms with Gasteiger partial charge >= 0.3 is 0 Å². The summed E-state index contributed by atoms with van der Waals surface area (Å²) in [5.74, 6) is 0. The Morgan fingerprint density at radius 2 is 1.53 bits per heavy atom. The number of carbonyl (C=O) groups is 1. The fraction of sp³-hybridized carbons (Fsp3) is 0.500. The first-order valence-corrected chi connectivity index (χ1v) is 12.1. The molecule has 0 unspecified atom stereocenters. The molecule has 3 nitrogen and oxygen atoms in total. The topological polar surface area (TPSA) is 46.5 Å². The van der Waals surface area contributed by atoms with Gasteiger partial charge in [-0.2, -0.15) is 0 Å².